The highest BCUT2D eigenvalue weighted by atomic mass is 32.2. The van der Waals surface area contributed by atoms with Crippen molar-refractivity contribution >= 4 is 17.7 Å². The van der Waals surface area contributed by atoms with Crippen LogP contribution < -0.4 is 0 Å². The number of esters is 1. The van der Waals surface area contributed by atoms with Gasteiger partial charge in [-0.15, -0.1) is 0 Å². The predicted octanol–water partition coefficient (Wildman–Crippen LogP) is 1.62. The maximum atomic E-state index is 11.1. The summed E-state index contributed by atoms with van der Waals surface area (Å²) in [5, 5.41) is 0. The van der Waals surface area contributed by atoms with E-state index in [-0.39, 0.29) is 5.97 Å². The van der Waals surface area contributed by atoms with Crippen molar-refractivity contribution in [1.29, 1.82) is 0 Å². The molecule has 84 valence electrons. The van der Waals surface area contributed by atoms with Gasteiger partial charge in [0.1, 0.15) is 0 Å². The fourth-order valence-electron chi connectivity index (χ4n) is 1.17. The third-order valence-corrected chi connectivity index (χ3v) is 2.76. The van der Waals surface area contributed by atoms with Crippen LogP contribution in [0.25, 0.3) is 0 Å². The van der Waals surface area contributed by atoms with Gasteiger partial charge >= 0.3 is 5.97 Å². The summed E-state index contributed by atoms with van der Waals surface area (Å²) in [6.45, 7) is 6.64. The lowest BCUT2D eigenvalue weighted by Gasteiger charge is -2.19. The van der Waals surface area contributed by atoms with Crippen LogP contribution in [0.1, 0.15) is 20.3 Å². The zero-order chi connectivity index (χ0) is 10.8. The highest BCUT2D eigenvalue weighted by Gasteiger charge is 2.08. The molecule has 0 bridgehead atoms. The quantitative estimate of drug-likeness (QED) is 0.458. The van der Waals surface area contributed by atoms with Crippen molar-refractivity contribution in [2.24, 2.45) is 0 Å². The van der Waals surface area contributed by atoms with Gasteiger partial charge in [0, 0.05) is 12.3 Å². The lowest BCUT2D eigenvalue weighted by Crippen LogP contribution is -2.33. The molecule has 0 unspecified atom stereocenters. The van der Waals surface area contributed by atoms with E-state index in [0.717, 1.165) is 31.0 Å². The molecule has 4 heteroatoms. The van der Waals surface area contributed by atoms with Gasteiger partial charge < -0.3 is 4.74 Å². The van der Waals surface area contributed by atoms with E-state index in [9.17, 15) is 4.79 Å². The van der Waals surface area contributed by atoms with Crippen LogP contribution in [-0.4, -0.2) is 49.1 Å². The first-order valence-corrected chi connectivity index (χ1v) is 6.26. The Morgan fingerprint density at radius 3 is 2.57 bits per heavy atom. The second-order valence-electron chi connectivity index (χ2n) is 3.05. The van der Waals surface area contributed by atoms with Crippen molar-refractivity contribution < 1.29 is 9.53 Å². The number of methoxy groups -OCH3 is 1. The summed E-state index contributed by atoms with van der Waals surface area (Å²) in [6, 6.07) is 0. The van der Waals surface area contributed by atoms with E-state index in [1.54, 1.807) is 0 Å². The topological polar surface area (TPSA) is 29.5 Å². The van der Waals surface area contributed by atoms with Crippen LogP contribution >= 0.6 is 11.8 Å². The Balaban J connectivity index is 3.70. The Bertz CT molecular complexity index is 153. The van der Waals surface area contributed by atoms with Crippen molar-refractivity contribution in [3.05, 3.63) is 0 Å². The Morgan fingerprint density at radius 2 is 2.07 bits per heavy atom. The molecule has 0 aromatic rings. The minimum Gasteiger partial charge on any atom is -0.468 e. The average molecular weight is 219 g/mol. The number of carbonyl (C=O) groups is 1. The maximum Gasteiger partial charge on any atom is 0.319 e. The van der Waals surface area contributed by atoms with Crippen LogP contribution in [0.15, 0.2) is 0 Å². The summed E-state index contributed by atoms with van der Waals surface area (Å²) in [7, 11) is 1.44. The minimum atomic E-state index is -0.139. The lowest BCUT2D eigenvalue weighted by molar-refractivity contribution is -0.141. The molecule has 0 radical (unpaired) electrons. The number of carbonyl (C=O) groups excluding carboxylic acids is 1. The minimum absolute atomic E-state index is 0.139. The SMILES string of the molecule is CCCN(CCSCC)CC(=O)OC. The molecule has 0 aliphatic rings. The van der Waals surface area contributed by atoms with Crippen molar-refractivity contribution in [3.63, 3.8) is 0 Å². The van der Waals surface area contributed by atoms with Crippen LogP contribution in [0.5, 0.6) is 0 Å². The number of thioether (sulfide) groups is 1. The Kier molecular flexibility index (Phi) is 9.19. The standard InChI is InChI=1S/C10H21NO2S/c1-4-6-11(7-8-14-5-2)9-10(12)13-3/h4-9H2,1-3H3. The van der Waals surface area contributed by atoms with Gasteiger partial charge in [-0.25, -0.2) is 0 Å². The zero-order valence-electron chi connectivity index (χ0n) is 9.41. The second-order valence-corrected chi connectivity index (χ2v) is 4.44. The van der Waals surface area contributed by atoms with Crippen LogP contribution in [-0.2, 0) is 9.53 Å². The van der Waals surface area contributed by atoms with Crippen molar-refractivity contribution in [2.75, 3.05) is 38.2 Å². The molecule has 0 saturated heterocycles. The van der Waals surface area contributed by atoms with Crippen LogP contribution in [0.4, 0.5) is 0 Å². The van der Waals surface area contributed by atoms with E-state index in [1.165, 1.54) is 7.11 Å². The molecule has 0 aliphatic carbocycles. The molecule has 3 nitrogen and oxygen atoms in total. The Hall–Kier alpha value is -0.220. The van der Waals surface area contributed by atoms with Crippen molar-refractivity contribution in [3.8, 4) is 0 Å². The average Bonchev–Trinajstić information content (AvgIpc) is 2.18. The normalized spacial score (nSPS) is 10.6. The molecule has 14 heavy (non-hydrogen) atoms. The van der Waals surface area contributed by atoms with Crippen molar-refractivity contribution in [1.82, 2.24) is 4.90 Å². The number of rotatable bonds is 8. The van der Waals surface area contributed by atoms with E-state index in [0.29, 0.717) is 6.54 Å². The molecule has 0 heterocycles. The summed E-state index contributed by atoms with van der Waals surface area (Å²) in [5.41, 5.74) is 0. The molecular formula is C10H21NO2S. The molecule has 0 N–H and O–H groups in total. The van der Waals surface area contributed by atoms with Crippen LogP contribution in [0.3, 0.4) is 0 Å². The van der Waals surface area contributed by atoms with E-state index in [2.05, 4.69) is 23.5 Å². The van der Waals surface area contributed by atoms with Gasteiger partial charge in [0.2, 0.25) is 0 Å². The molecule has 0 saturated carbocycles. The molecule has 0 aromatic heterocycles. The highest BCUT2D eigenvalue weighted by Crippen LogP contribution is 2.01. The van der Waals surface area contributed by atoms with Gasteiger partial charge in [-0.1, -0.05) is 13.8 Å². The molecule has 0 aromatic carbocycles. The lowest BCUT2D eigenvalue weighted by atomic mass is 10.4. The van der Waals surface area contributed by atoms with Crippen molar-refractivity contribution in [2.45, 2.75) is 20.3 Å². The number of ether oxygens (including phenoxy) is 1. The van der Waals surface area contributed by atoms with Gasteiger partial charge in [-0.3, -0.25) is 9.69 Å². The smallest absolute Gasteiger partial charge is 0.319 e. The van der Waals surface area contributed by atoms with Crippen LogP contribution in [0.2, 0.25) is 0 Å². The number of hydrogen-bond donors (Lipinski definition) is 0. The zero-order valence-corrected chi connectivity index (χ0v) is 10.2. The molecule has 0 rings (SSSR count). The largest absolute Gasteiger partial charge is 0.468 e. The Morgan fingerprint density at radius 1 is 1.36 bits per heavy atom. The molecular weight excluding hydrogens is 198 g/mol. The fraction of sp³-hybridized carbons (Fsp3) is 0.900. The van der Waals surface area contributed by atoms with E-state index < -0.39 is 0 Å². The summed E-state index contributed by atoms with van der Waals surface area (Å²) in [6.07, 6.45) is 1.08. The van der Waals surface area contributed by atoms with Gasteiger partial charge in [0.15, 0.2) is 0 Å². The van der Waals surface area contributed by atoms with Gasteiger partial charge in [0.25, 0.3) is 0 Å². The number of hydrogen-bond acceptors (Lipinski definition) is 4. The number of nitrogens with zero attached hydrogens (tertiary/aromatic N) is 1. The second kappa shape index (κ2) is 9.34. The third kappa shape index (κ3) is 7.21. The first-order valence-electron chi connectivity index (χ1n) is 5.11. The van der Waals surface area contributed by atoms with Gasteiger partial charge in [-0.05, 0) is 18.7 Å². The van der Waals surface area contributed by atoms with Crippen LogP contribution in [0, 0.1) is 0 Å². The van der Waals surface area contributed by atoms with E-state index >= 15 is 0 Å². The summed E-state index contributed by atoms with van der Waals surface area (Å²) in [5.74, 6) is 2.09. The summed E-state index contributed by atoms with van der Waals surface area (Å²) in [4.78, 5) is 13.2. The highest BCUT2D eigenvalue weighted by molar-refractivity contribution is 7.99. The predicted molar refractivity (Wildman–Crippen MR) is 61.7 cm³/mol. The third-order valence-electron chi connectivity index (χ3n) is 1.88. The summed E-state index contributed by atoms with van der Waals surface area (Å²) < 4.78 is 4.65. The molecule has 0 fully saturated rings. The first-order chi connectivity index (χ1) is 6.74. The van der Waals surface area contributed by atoms with E-state index in [4.69, 9.17) is 0 Å². The first kappa shape index (κ1) is 13.8. The molecule has 0 spiro atoms. The monoisotopic (exact) mass is 219 g/mol. The fourth-order valence-corrected chi connectivity index (χ4v) is 1.85. The molecule has 0 atom stereocenters. The molecule has 0 aliphatic heterocycles. The Labute approximate surface area is 91.2 Å². The van der Waals surface area contributed by atoms with Gasteiger partial charge in [0.05, 0.1) is 13.7 Å². The van der Waals surface area contributed by atoms with E-state index in [1.807, 2.05) is 11.8 Å². The maximum absolute atomic E-state index is 11.1. The molecule has 0 amide bonds. The summed E-state index contributed by atoms with van der Waals surface area (Å²) >= 11 is 1.90. The van der Waals surface area contributed by atoms with Gasteiger partial charge in [-0.2, -0.15) is 11.8 Å².